The van der Waals surface area contributed by atoms with Gasteiger partial charge in [0.1, 0.15) is 22.8 Å². The highest BCUT2D eigenvalue weighted by atomic mass is 32.2. The number of aliphatic hydroxyl groups is 1. The van der Waals surface area contributed by atoms with Crippen LogP contribution in [0.5, 0.6) is 0 Å². The van der Waals surface area contributed by atoms with Crippen LogP contribution in [-0.2, 0) is 19.1 Å². The third kappa shape index (κ3) is 2.99. The van der Waals surface area contributed by atoms with Crippen molar-refractivity contribution in [2.24, 2.45) is 0 Å². The molecule has 0 aromatic rings. The smallest absolute Gasteiger partial charge is 0.359 e. The SMILES string of the molecule is CC(=O)NC1C(=O)N2C(C(=O)OC(C)(C)C)=C(O)CS[C@@H]12. The highest BCUT2D eigenvalue weighted by Gasteiger charge is 2.54. The van der Waals surface area contributed by atoms with E-state index >= 15 is 0 Å². The Labute approximate surface area is 126 Å². The Balaban J connectivity index is 2.21. The van der Waals surface area contributed by atoms with Crippen LogP contribution in [0.1, 0.15) is 27.7 Å². The van der Waals surface area contributed by atoms with Gasteiger partial charge in [0.25, 0.3) is 5.91 Å². The van der Waals surface area contributed by atoms with E-state index in [9.17, 15) is 19.5 Å². The number of carbonyl (C=O) groups excluding carboxylic acids is 3. The van der Waals surface area contributed by atoms with Crippen molar-refractivity contribution < 1.29 is 24.2 Å². The second-order valence-electron chi connectivity index (χ2n) is 5.89. The van der Waals surface area contributed by atoms with Gasteiger partial charge in [-0.1, -0.05) is 0 Å². The van der Waals surface area contributed by atoms with Gasteiger partial charge in [0.15, 0.2) is 5.70 Å². The predicted molar refractivity (Wildman–Crippen MR) is 76.2 cm³/mol. The van der Waals surface area contributed by atoms with Crippen molar-refractivity contribution in [2.45, 2.75) is 44.7 Å². The van der Waals surface area contributed by atoms with Gasteiger partial charge in [-0.2, -0.15) is 0 Å². The summed E-state index contributed by atoms with van der Waals surface area (Å²) in [4.78, 5) is 36.5. The lowest BCUT2D eigenvalue weighted by Crippen LogP contribution is -2.70. The lowest BCUT2D eigenvalue weighted by Gasteiger charge is -2.48. The second kappa shape index (κ2) is 5.25. The van der Waals surface area contributed by atoms with Gasteiger partial charge in [0.2, 0.25) is 5.91 Å². The van der Waals surface area contributed by atoms with Gasteiger partial charge < -0.3 is 15.2 Å². The predicted octanol–water partition coefficient (Wildman–Crippen LogP) is 0.517. The van der Waals surface area contributed by atoms with Gasteiger partial charge in [-0.05, 0) is 20.8 Å². The number of hydrogen-bond acceptors (Lipinski definition) is 6. The third-order valence-corrected chi connectivity index (χ3v) is 4.16. The molecule has 0 bridgehead atoms. The Morgan fingerprint density at radius 1 is 1.43 bits per heavy atom. The summed E-state index contributed by atoms with van der Waals surface area (Å²) in [5, 5.41) is 12.1. The van der Waals surface area contributed by atoms with E-state index in [-0.39, 0.29) is 28.5 Å². The number of nitrogens with one attached hydrogen (secondary N) is 1. The molecule has 21 heavy (non-hydrogen) atoms. The number of rotatable bonds is 2. The van der Waals surface area contributed by atoms with Crippen molar-refractivity contribution in [3.8, 4) is 0 Å². The minimum Gasteiger partial charge on any atom is -0.509 e. The Morgan fingerprint density at radius 3 is 2.57 bits per heavy atom. The fraction of sp³-hybridized carbons (Fsp3) is 0.615. The molecule has 2 rings (SSSR count). The van der Waals surface area contributed by atoms with Gasteiger partial charge in [0, 0.05) is 6.92 Å². The van der Waals surface area contributed by atoms with E-state index in [0.717, 1.165) is 0 Å². The molecule has 1 saturated heterocycles. The first-order valence-corrected chi connectivity index (χ1v) is 7.54. The zero-order valence-electron chi connectivity index (χ0n) is 12.3. The lowest BCUT2D eigenvalue weighted by atomic mass is 10.0. The maximum absolute atomic E-state index is 12.2. The number of β-lactam (4-membered cyclic amide) rings is 1. The maximum atomic E-state index is 12.2. The number of nitrogens with zero attached hydrogens (tertiary/aromatic N) is 1. The van der Waals surface area contributed by atoms with Crippen LogP contribution in [0.15, 0.2) is 11.5 Å². The molecule has 116 valence electrons. The molecule has 0 saturated carbocycles. The number of carbonyl (C=O) groups is 3. The fourth-order valence-electron chi connectivity index (χ4n) is 2.14. The Hall–Kier alpha value is -1.70. The van der Waals surface area contributed by atoms with Crippen LogP contribution in [0.3, 0.4) is 0 Å². The van der Waals surface area contributed by atoms with Crippen LogP contribution in [0.25, 0.3) is 0 Å². The molecule has 0 spiro atoms. The average Bonchev–Trinajstić information content (AvgIpc) is 2.33. The zero-order valence-corrected chi connectivity index (χ0v) is 13.1. The molecule has 2 aliphatic heterocycles. The standard InChI is InChI=1S/C13H18N2O5S/c1-6(16)14-8-10(18)15-9(7(17)5-21-11(8)15)12(19)20-13(2,3)4/h8,11,17H,5H2,1-4H3,(H,14,16)/t8?,11-/m0/s1. The summed E-state index contributed by atoms with van der Waals surface area (Å²) in [5.74, 6) is -1.46. The molecule has 2 amide bonds. The van der Waals surface area contributed by atoms with E-state index in [2.05, 4.69) is 5.32 Å². The summed E-state index contributed by atoms with van der Waals surface area (Å²) in [6.45, 7) is 6.44. The number of amides is 2. The Kier molecular flexibility index (Phi) is 3.92. The normalized spacial score (nSPS) is 25.1. The first-order valence-electron chi connectivity index (χ1n) is 6.49. The topological polar surface area (TPSA) is 95.9 Å². The van der Waals surface area contributed by atoms with Crippen LogP contribution >= 0.6 is 11.8 Å². The largest absolute Gasteiger partial charge is 0.509 e. The monoisotopic (exact) mass is 314 g/mol. The maximum Gasteiger partial charge on any atom is 0.359 e. The molecule has 0 radical (unpaired) electrons. The number of thioether (sulfide) groups is 1. The van der Waals surface area contributed by atoms with Gasteiger partial charge in [-0.3, -0.25) is 14.5 Å². The molecule has 1 unspecified atom stereocenters. The van der Waals surface area contributed by atoms with Crippen molar-refractivity contribution >= 4 is 29.5 Å². The minimum atomic E-state index is -0.736. The number of fused-ring (bicyclic) bond motifs is 1. The quantitative estimate of drug-likeness (QED) is 0.570. The average molecular weight is 314 g/mol. The van der Waals surface area contributed by atoms with Crippen molar-refractivity contribution in [2.75, 3.05) is 5.75 Å². The van der Waals surface area contributed by atoms with E-state index in [1.807, 2.05) is 0 Å². The number of hydrogen-bond donors (Lipinski definition) is 2. The van der Waals surface area contributed by atoms with E-state index in [4.69, 9.17) is 4.74 Å². The molecule has 0 aliphatic carbocycles. The van der Waals surface area contributed by atoms with Crippen molar-refractivity contribution in [3.63, 3.8) is 0 Å². The van der Waals surface area contributed by atoms with Gasteiger partial charge in [-0.15, -0.1) is 11.8 Å². The molecule has 1 fully saturated rings. The van der Waals surface area contributed by atoms with E-state index < -0.39 is 23.5 Å². The summed E-state index contributed by atoms with van der Waals surface area (Å²) < 4.78 is 5.22. The first-order chi connectivity index (χ1) is 9.61. The number of ether oxygens (including phenoxy) is 1. The number of esters is 1. The molecule has 2 aliphatic rings. The lowest BCUT2D eigenvalue weighted by molar-refractivity contribution is -0.159. The van der Waals surface area contributed by atoms with Crippen molar-refractivity contribution in [1.82, 2.24) is 10.2 Å². The summed E-state index contributed by atoms with van der Waals surface area (Å²) >= 11 is 1.29. The Bertz CT molecular complexity index is 537. The number of aliphatic hydroxyl groups excluding tert-OH is 1. The summed E-state index contributed by atoms with van der Waals surface area (Å²) in [5.41, 5.74) is -0.852. The highest BCUT2D eigenvalue weighted by Crippen LogP contribution is 2.40. The van der Waals surface area contributed by atoms with Crippen molar-refractivity contribution in [1.29, 1.82) is 0 Å². The van der Waals surface area contributed by atoms with Crippen LogP contribution < -0.4 is 5.32 Å². The summed E-state index contributed by atoms with van der Waals surface area (Å²) in [6, 6.07) is -0.668. The molecule has 0 aromatic heterocycles. The Morgan fingerprint density at radius 2 is 2.05 bits per heavy atom. The molecule has 0 aromatic carbocycles. The molecular formula is C13H18N2O5S. The minimum absolute atomic E-state index is 0.125. The first kappa shape index (κ1) is 15.7. The third-order valence-electron chi connectivity index (χ3n) is 2.90. The summed E-state index contributed by atoms with van der Waals surface area (Å²) in [7, 11) is 0. The molecule has 8 heteroatoms. The van der Waals surface area contributed by atoms with Gasteiger partial charge >= 0.3 is 5.97 Å². The fourth-order valence-corrected chi connectivity index (χ4v) is 3.34. The van der Waals surface area contributed by atoms with Crippen LogP contribution in [0, 0.1) is 0 Å². The summed E-state index contributed by atoms with van der Waals surface area (Å²) in [6.07, 6.45) is 0. The second-order valence-corrected chi connectivity index (χ2v) is 6.99. The van der Waals surface area contributed by atoms with Crippen LogP contribution in [0.2, 0.25) is 0 Å². The van der Waals surface area contributed by atoms with Crippen LogP contribution in [-0.4, -0.2) is 50.6 Å². The van der Waals surface area contributed by atoms with E-state index in [1.165, 1.54) is 23.6 Å². The highest BCUT2D eigenvalue weighted by molar-refractivity contribution is 8.00. The van der Waals surface area contributed by atoms with Gasteiger partial charge in [-0.25, -0.2) is 4.79 Å². The molecular weight excluding hydrogens is 296 g/mol. The molecule has 2 atom stereocenters. The van der Waals surface area contributed by atoms with Crippen molar-refractivity contribution in [3.05, 3.63) is 11.5 Å². The van der Waals surface area contributed by atoms with Crippen LogP contribution in [0.4, 0.5) is 0 Å². The van der Waals surface area contributed by atoms with Gasteiger partial charge in [0.05, 0.1) is 5.75 Å². The van der Waals surface area contributed by atoms with E-state index in [1.54, 1.807) is 20.8 Å². The van der Waals surface area contributed by atoms with E-state index in [0.29, 0.717) is 0 Å². The zero-order chi connectivity index (χ0) is 15.9. The molecule has 2 N–H and O–H groups in total. The molecule has 7 nitrogen and oxygen atoms in total. The molecule has 2 heterocycles.